The van der Waals surface area contributed by atoms with Crippen molar-refractivity contribution >= 4 is 34.6 Å². The summed E-state index contributed by atoms with van der Waals surface area (Å²) in [6.07, 6.45) is 0. The lowest BCUT2D eigenvalue weighted by Crippen LogP contribution is -2.37. The average molecular weight is 434 g/mol. The van der Waals surface area contributed by atoms with Crippen LogP contribution in [0, 0.1) is 20.8 Å². The van der Waals surface area contributed by atoms with E-state index in [4.69, 9.17) is 17.0 Å². The fraction of sp³-hybridized carbons (Fsp3) is 0.200. The van der Waals surface area contributed by atoms with Crippen LogP contribution < -0.4 is 15.4 Å². The Balaban J connectivity index is 1.54. The molecule has 0 aromatic heterocycles. The first-order valence-electron chi connectivity index (χ1n) is 10.0. The van der Waals surface area contributed by atoms with Crippen molar-refractivity contribution in [2.75, 3.05) is 24.2 Å². The highest BCUT2D eigenvalue weighted by Crippen LogP contribution is 2.23. The van der Waals surface area contributed by atoms with E-state index in [1.165, 1.54) is 5.56 Å². The van der Waals surface area contributed by atoms with E-state index in [9.17, 15) is 4.79 Å². The molecule has 0 aliphatic rings. The van der Waals surface area contributed by atoms with Gasteiger partial charge in [-0.05, 0) is 80.5 Å². The van der Waals surface area contributed by atoms with Gasteiger partial charge in [-0.3, -0.25) is 4.79 Å². The molecule has 0 saturated carbocycles. The Kier molecular flexibility index (Phi) is 7.26. The van der Waals surface area contributed by atoms with E-state index in [2.05, 4.69) is 22.8 Å². The first-order chi connectivity index (χ1) is 14.8. The van der Waals surface area contributed by atoms with E-state index < -0.39 is 0 Å². The van der Waals surface area contributed by atoms with Crippen molar-refractivity contribution in [2.45, 2.75) is 20.8 Å². The number of carbonyl (C=O) groups is 1. The van der Waals surface area contributed by atoms with E-state index >= 15 is 0 Å². The summed E-state index contributed by atoms with van der Waals surface area (Å²) in [5.41, 5.74) is 4.95. The lowest BCUT2D eigenvalue weighted by atomic mass is 10.1. The molecule has 0 atom stereocenters. The van der Waals surface area contributed by atoms with Crippen LogP contribution in [0.15, 0.2) is 66.7 Å². The Hall–Kier alpha value is -3.38. The molecule has 0 unspecified atom stereocenters. The SMILES string of the molecule is Cc1cc(C)c(NC(=O)CN(C)C(=S)Nc2ccc(Oc3ccccc3)cc2)c(C)c1. The molecule has 2 N–H and O–H groups in total. The smallest absolute Gasteiger partial charge is 0.243 e. The molecule has 0 spiro atoms. The number of carbonyl (C=O) groups excluding carboxylic acids is 1. The third-order valence-corrected chi connectivity index (χ3v) is 5.17. The van der Waals surface area contributed by atoms with Gasteiger partial charge in [-0.25, -0.2) is 0 Å². The zero-order valence-corrected chi connectivity index (χ0v) is 19.0. The van der Waals surface area contributed by atoms with Gasteiger partial charge < -0.3 is 20.3 Å². The molecule has 0 bridgehead atoms. The van der Waals surface area contributed by atoms with Crippen molar-refractivity contribution in [3.63, 3.8) is 0 Å². The van der Waals surface area contributed by atoms with Gasteiger partial charge in [0.1, 0.15) is 11.5 Å². The first kappa shape index (κ1) is 22.3. The number of benzene rings is 3. The highest BCUT2D eigenvalue weighted by Gasteiger charge is 2.13. The molecule has 3 rings (SSSR count). The van der Waals surface area contributed by atoms with Crippen LogP contribution in [0.3, 0.4) is 0 Å². The van der Waals surface area contributed by atoms with Crippen molar-refractivity contribution in [3.05, 3.63) is 83.4 Å². The van der Waals surface area contributed by atoms with E-state index in [0.717, 1.165) is 34.0 Å². The number of hydrogen-bond acceptors (Lipinski definition) is 3. The van der Waals surface area contributed by atoms with Gasteiger partial charge in [0.25, 0.3) is 0 Å². The number of aryl methyl sites for hydroxylation is 3. The van der Waals surface area contributed by atoms with Gasteiger partial charge in [0.15, 0.2) is 5.11 Å². The molecule has 31 heavy (non-hydrogen) atoms. The van der Waals surface area contributed by atoms with Crippen LogP contribution in [-0.4, -0.2) is 29.5 Å². The molecule has 6 heteroatoms. The van der Waals surface area contributed by atoms with Gasteiger partial charge >= 0.3 is 0 Å². The van der Waals surface area contributed by atoms with Crippen LogP contribution in [0.25, 0.3) is 0 Å². The minimum Gasteiger partial charge on any atom is -0.457 e. The van der Waals surface area contributed by atoms with Crippen molar-refractivity contribution in [1.29, 1.82) is 0 Å². The Morgan fingerprint density at radius 1 is 0.903 bits per heavy atom. The lowest BCUT2D eigenvalue weighted by Gasteiger charge is -2.21. The van der Waals surface area contributed by atoms with E-state index in [1.54, 1.807) is 11.9 Å². The third kappa shape index (κ3) is 6.30. The molecular formula is C25H27N3O2S. The number of nitrogens with zero attached hydrogens (tertiary/aromatic N) is 1. The van der Waals surface area contributed by atoms with Crippen LogP contribution in [-0.2, 0) is 4.79 Å². The molecule has 0 aliphatic carbocycles. The monoisotopic (exact) mass is 433 g/mol. The summed E-state index contributed by atoms with van der Waals surface area (Å²) in [7, 11) is 1.79. The minimum atomic E-state index is -0.117. The first-order valence-corrected chi connectivity index (χ1v) is 10.5. The van der Waals surface area contributed by atoms with Gasteiger partial charge in [-0.1, -0.05) is 35.9 Å². The van der Waals surface area contributed by atoms with E-state index in [-0.39, 0.29) is 12.5 Å². The zero-order chi connectivity index (χ0) is 22.4. The molecule has 0 radical (unpaired) electrons. The van der Waals surface area contributed by atoms with Crippen molar-refractivity contribution in [2.24, 2.45) is 0 Å². The number of hydrogen-bond donors (Lipinski definition) is 2. The predicted molar refractivity (Wildman–Crippen MR) is 131 cm³/mol. The second-order valence-electron chi connectivity index (χ2n) is 7.55. The number of rotatable bonds is 6. The Morgan fingerprint density at radius 3 is 2.10 bits per heavy atom. The molecule has 0 heterocycles. The molecule has 0 aliphatic heterocycles. The highest BCUT2D eigenvalue weighted by molar-refractivity contribution is 7.80. The molecular weight excluding hydrogens is 406 g/mol. The standard InChI is InChI=1S/C25H27N3O2S/c1-17-14-18(2)24(19(3)15-17)27-23(29)16-28(4)25(31)26-20-10-12-22(13-11-20)30-21-8-6-5-7-9-21/h5-15H,16H2,1-4H3,(H,26,31)(H,27,29). The Morgan fingerprint density at radius 2 is 1.48 bits per heavy atom. The Bertz CT molecular complexity index is 1040. The topological polar surface area (TPSA) is 53.6 Å². The fourth-order valence-corrected chi connectivity index (χ4v) is 3.48. The fourth-order valence-electron chi connectivity index (χ4n) is 3.29. The van der Waals surface area contributed by atoms with Gasteiger partial charge in [-0.15, -0.1) is 0 Å². The third-order valence-electron chi connectivity index (χ3n) is 4.75. The highest BCUT2D eigenvalue weighted by atomic mass is 32.1. The van der Waals surface area contributed by atoms with Crippen LogP contribution in [0.5, 0.6) is 11.5 Å². The van der Waals surface area contributed by atoms with E-state index in [1.807, 2.05) is 75.4 Å². The van der Waals surface area contributed by atoms with Crippen LogP contribution >= 0.6 is 12.2 Å². The molecule has 0 saturated heterocycles. The molecule has 3 aromatic rings. The maximum absolute atomic E-state index is 12.5. The summed E-state index contributed by atoms with van der Waals surface area (Å²) >= 11 is 5.45. The molecule has 160 valence electrons. The Labute approximate surface area is 189 Å². The maximum Gasteiger partial charge on any atom is 0.243 e. The summed E-state index contributed by atoms with van der Waals surface area (Å²) < 4.78 is 5.80. The predicted octanol–water partition coefficient (Wildman–Crippen LogP) is 5.67. The number of amides is 1. The summed E-state index contributed by atoms with van der Waals surface area (Å²) in [5.74, 6) is 1.40. The summed E-state index contributed by atoms with van der Waals surface area (Å²) in [5, 5.41) is 6.62. The minimum absolute atomic E-state index is 0.117. The second kappa shape index (κ2) is 10.1. The van der Waals surface area contributed by atoms with E-state index in [0.29, 0.717) is 5.11 Å². The summed E-state index contributed by atoms with van der Waals surface area (Å²) in [6, 6.07) is 21.2. The average Bonchev–Trinajstić information content (AvgIpc) is 2.73. The van der Waals surface area contributed by atoms with Crippen LogP contribution in [0.1, 0.15) is 16.7 Å². The number of anilines is 2. The van der Waals surface area contributed by atoms with Crippen molar-refractivity contribution in [1.82, 2.24) is 4.90 Å². The van der Waals surface area contributed by atoms with Gasteiger partial charge in [0.05, 0.1) is 6.54 Å². The molecule has 5 nitrogen and oxygen atoms in total. The normalized spacial score (nSPS) is 10.3. The van der Waals surface area contributed by atoms with Crippen LogP contribution in [0.4, 0.5) is 11.4 Å². The number of para-hydroxylation sites is 1. The zero-order valence-electron chi connectivity index (χ0n) is 18.2. The van der Waals surface area contributed by atoms with Gasteiger partial charge in [0.2, 0.25) is 5.91 Å². The van der Waals surface area contributed by atoms with Gasteiger partial charge in [-0.2, -0.15) is 0 Å². The molecule has 0 fully saturated rings. The number of likely N-dealkylation sites (N-methyl/N-ethyl adjacent to an activating group) is 1. The largest absolute Gasteiger partial charge is 0.457 e. The summed E-state index contributed by atoms with van der Waals surface area (Å²) in [4.78, 5) is 14.2. The molecule has 1 amide bonds. The quantitative estimate of drug-likeness (QED) is 0.491. The summed E-state index contributed by atoms with van der Waals surface area (Å²) in [6.45, 7) is 6.19. The number of thiocarbonyl (C=S) groups is 1. The number of ether oxygens (including phenoxy) is 1. The van der Waals surface area contributed by atoms with Gasteiger partial charge in [0, 0.05) is 18.4 Å². The second-order valence-corrected chi connectivity index (χ2v) is 7.93. The number of nitrogens with one attached hydrogen (secondary N) is 2. The lowest BCUT2D eigenvalue weighted by molar-refractivity contribution is -0.116. The van der Waals surface area contributed by atoms with Crippen molar-refractivity contribution < 1.29 is 9.53 Å². The van der Waals surface area contributed by atoms with Crippen LogP contribution in [0.2, 0.25) is 0 Å². The maximum atomic E-state index is 12.5. The van der Waals surface area contributed by atoms with Crippen molar-refractivity contribution in [3.8, 4) is 11.5 Å². The molecule has 3 aromatic carbocycles.